The lowest BCUT2D eigenvalue weighted by atomic mass is 9.81. The van der Waals surface area contributed by atoms with E-state index in [1.165, 1.54) is 11.1 Å². The number of rotatable bonds is 6. The first-order chi connectivity index (χ1) is 8.68. The Labute approximate surface area is 126 Å². The van der Waals surface area contributed by atoms with Crippen LogP contribution in [0.25, 0.3) is 0 Å². The van der Waals surface area contributed by atoms with E-state index in [0.717, 1.165) is 24.0 Å². The van der Waals surface area contributed by atoms with E-state index < -0.39 is 0 Å². The van der Waals surface area contributed by atoms with Crippen LogP contribution in [0.15, 0.2) is 22.7 Å². The maximum absolute atomic E-state index is 5.66. The molecule has 0 heterocycles. The molecule has 0 saturated heterocycles. The first kappa shape index (κ1) is 16.7. The van der Waals surface area contributed by atoms with Crippen LogP contribution in [-0.2, 0) is 5.41 Å². The summed E-state index contributed by atoms with van der Waals surface area (Å²) >= 11 is 3.57. The Hall–Kier alpha value is -0.380. The van der Waals surface area contributed by atoms with Gasteiger partial charge in [-0.05, 0) is 57.0 Å². The topological polar surface area (TPSA) is 38.0 Å². The fourth-order valence-corrected chi connectivity index (χ4v) is 2.69. The molecule has 1 aromatic rings. The van der Waals surface area contributed by atoms with Crippen LogP contribution in [0.2, 0.25) is 0 Å². The van der Waals surface area contributed by atoms with Crippen LogP contribution < -0.4 is 11.1 Å². The first-order valence-electron chi connectivity index (χ1n) is 6.90. The molecule has 0 unspecified atom stereocenters. The van der Waals surface area contributed by atoms with Gasteiger partial charge in [0.1, 0.15) is 0 Å². The van der Waals surface area contributed by atoms with Crippen LogP contribution in [0, 0.1) is 6.92 Å². The number of nitrogens with two attached hydrogens (primary N) is 1. The minimum atomic E-state index is 0.0892. The SMILES string of the molecule is Cc1ccc(Br)cc1C(C)(C)CNC(C)(C)CCN. The number of nitrogens with one attached hydrogen (secondary N) is 1. The summed E-state index contributed by atoms with van der Waals surface area (Å²) < 4.78 is 1.14. The van der Waals surface area contributed by atoms with Crippen LogP contribution in [-0.4, -0.2) is 18.6 Å². The fraction of sp³-hybridized carbons (Fsp3) is 0.625. The number of aryl methyl sites for hydroxylation is 1. The van der Waals surface area contributed by atoms with Gasteiger partial charge < -0.3 is 11.1 Å². The third-order valence-corrected chi connectivity index (χ3v) is 4.20. The molecule has 2 nitrogen and oxygen atoms in total. The van der Waals surface area contributed by atoms with Crippen molar-refractivity contribution in [1.29, 1.82) is 0 Å². The van der Waals surface area contributed by atoms with Crippen molar-refractivity contribution in [3.63, 3.8) is 0 Å². The van der Waals surface area contributed by atoms with Crippen LogP contribution >= 0.6 is 15.9 Å². The predicted molar refractivity (Wildman–Crippen MR) is 87.7 cm³/mol. The molecule has 0 bridgehead atoms. The summed E-state index contributed by atoms with van der Waals surface area (Å²) in [6.45, 7) is 12.8. The lowest BCUT2D eigenvalue weighted by Crippen LogP contribution is -2.46. The van der Waals surface area contributed by atoms with Gasteiger partial charge >= 0.3 is 0 Å². The monoisotopic (exact) mass is 326 g/mol. The highest BCUT2D eigenvalue weighted by Crippen LogP contribution is 2.29. The van der Waals surface area contributed by atoms with E-state index in [-0.39, 0.29) is 11.0 Å². The van der Waals surface area contributed by atoms with Crippen LogP contribution in [0.1, 0.15) is 45.2 Å². The molecule has 0 spiro atoms. The van der Waals surface area contributed by atoms with Gasteiger partial charge in [0, 0.05) is 22.0 Å². The van der Waals surface area contributed by atoms with E-state index in [1.54, 1.807) is 0 Å². The third-order valence-electron chi connectivity index (χ3n) is 3.71. The fourth-order valence-electron chi connectivity index (χ4n) is 2.33. The second kappa shape index (κ2) is 6.38. The summed E-state index contributed by atoms with van der Waals surface area (Å²) in [5.74, 6) is 0. The van der Waals surface area contributed by atoms with E-state index >= 15 is 0 Å². The predicted octanol–water partition coefficient (Wildman–Crippen LogP) is 3.75. The molecule has 0 aliphatic rings. The van der Waals surface area contributed by atoms with Crippen molar-refractivity contribution >= 4 is 15.9 Å². The van der Waals surface area contributed by atoms with Gasteiger partial charge in [-0.1, -0.05) is 35.8 Å². The lowest BCUT2D eigenvalue weighted by molar-refractivity contribution is 0.325. The first-order valence-corrected chi connectivity index (χ1v) is 7.69. The zero-order chi connectivity index (χ0) is 14.7. The van der Waals surface area contributed by atoms with Crippen molar-refractivity contribution in [2.24, 2.45) is 5.73 Å². The largest absolute Gasteiger partial charge is 0.330 e. The van der Waals surface area contributed by atoms with Crippen molar-refractivity contribution in [3.8, 4) is 0 Å². The van der Waals surface area contributed by atoms with E-state index in [4.69, 9.17) is 5.73 Å². The molecule has 0 aliphatic heterocycles. The smallest absolute Gasteiger partial charge is 0.0178 e. The molecular formula is C16H27BrN2. The molecule has 0 amide bonds. The van der Waals surface area contributed by atoms with E-state index in [1.807, 2.05) is 0 Å². The molecule has 0 aliphatic carbocycles. The normalized spacial score (nSPS) is 12.8. The Bertz CT molecular complexity index is 425. The molecule has 1 aromatic carbocycles. The molecule has 3 N–H and O–H groups in total. The molecule has 0 atom stereocenters. The van der Waals surface area contributed by atoms with Crippen molar-refractivity contribution in [2.45, 2.75) is 52.0 Å². The molecule has 0 saturated carbocycles. The standard InChI is InChI=1S/C16H27BrN2/c1-12-6-7-13(17)10-14(12)15(2,3)11-19-16(4,5)8-9-18/h6-7,10,19H,8-9,11,18H2,1-5H3. The Balaban J connectivity index is 2.83. The van der Waals surface area contributed by atoms with Gasteiger partial charge in [0.05, 0.1) is 0 Å². The van der Waals surface area contributed by atoms with Crippen molar-refractivity contribution in [2.75, 3.05) is 13.1 Å². The van der Waals surface area contributed by atoms with Crippen LogP contribution in [0.4, 0.5) is 0 Å². The van der Waals surface area contributed by atoms with Gasteiger partial charge in [-0.25, -0.2) is 0 Å². The maximum Gasteiger partial charge on any atom is 0.0178 e. The molecule has 3 heteroatoms. The van der Waals surface area contributed by atoms with Crippen molar-refractivity contribution < 1.29 is 0 Å². The minimum Gasteiger partial charge on any atom is -0.330 e. The Morgan fingerprint density at radius 3 is 2.42 bits per heavy atom. The number of halogens is 1. The van der Waals surface area contributed by atoms with Gasteiger partial charge in [-0.2, -0.15) is 0 Å². The highest BCUT2D eigenvalue weighted by atomic mass is 79.9. The second-order valence-corrected chi connectivity index (χ2v) is 7.53. The summed E-state index contributed by atoms with van der Waals surface area (Å²) in [6, 6.07) is 6.50. The zero-order valence-electron chi connectivity index (χ0n) is 12.8. The van der Waals surface area contributed by atoms with Crippen molar-refractivity contribution in [3.05, 3.63) is 33.8 Å². The Morgan fingerprint density at radius 2 is 1.84 bits per heavy atom. The van der Waals surface area contributed by atoms with Gasteiger partial charge in [-0.3, -0.25) is 0 Å². The lowest BCUT2D eigenvalue weighted by Gasteiger charge is -2.34. The molecule has 108 valence electrons. The quantitative estimate of drug-likeness (QED) is 0.835. The molecular weight excluding hydrogens is 300 g/mol. The third kappa shape index (κ3) is 4.90. The highest BCUT2D eigenvalue weighted by Gasteiger charge is 2.26. The molecule has 0 aromatic heterocycles. The molecule has 0 radical (unpaired) electrons. The van der Waals surface area contributed by atoms with Crippen LogP contribution in [0.3, 0.4) is 0 Å². The van der Waals surface area contributed by atoms with E-state index in [2.05, 4.69) is 74.1 Å². The summed E-state index contributed by atoms with van der Waals surface area (Å²) in [5, 5.41) is 3.65. The minimum absolute atomic E-state index is 0.0892. The number of hydrogen-bond donors (Lipinski definition) is 2. The number of benzene rings is 1. The van der Waals surface area contributed by atoms with Gasteiger partial charge in [0.2, 0.25) is 0 Å². The van der Waals surface area contributed by atoms with Gasteiger partial charge in [0.15, 0.2) is 0 Å². The summed E-state index contributed by atoms with van der Waals surface area (Å²) in [7, 11) is 0. The Kier molecular flexibility index (Phi) is 5.60. The average molecular weight is 327 g/mol. The summed E-state index contributed by atoms with van der Waals surface area (Å²) in [5.41, 5.74) is 8.58. The second-order valence-electron chi connectivity index (χ2n) is 6.62. The summed E-state index contributed by atoms with van der Waals surface area (Å²) in [4.78, 5) is 0. The highest BCUT2D eigenvalue weighted by molar-refractivity contribution is 9.10. The molecule has 0 fully saturated rings. The number of hydrogen-bond acceptors (Lipinski definition) is 2. The van der Waals surface area contributed by atoms with Gasteiger partial charge in [-0.15, -0.1) is 0 Å². The summed E-state index contributed by atoms with van der Waals surface area (Å²) in [6.07, 6.45) is 0.987. The Morgan fingerprint density at radius 1 is 1.21 bits per heavy atom. The van der Waals surface area contributed by atoms with Crippen molar-refractivity contribution in [1.82, 2.24) is 5.32 Å². The zero-order valence-corrected chi connectivity index (χ0v) is 14.4. The maximum atomic E-state index is 5.66. The van der Waals surface area contributed by atoms with E-state index in [9.17, 15) is 0 Å². The van der Waals surface area contributed by atoms with Crippen LogP contribution in [0.5, 0.6) is 0 Å². The van der Waals surface area contributed by atoms with E-state index in [0.29, 0.717) is 0 Å². The molecule has 19 heavy (non-hydrogen) atoms. The molecule has 1 rings (SSSR count). The van der Waals surface area contributed by atoms with Gasteiger partial charge in [0.25, 0.3) is 0 Å². The average Bonchev–Trinajstić information content (AvgIpc) is 2.30.